The van der Waals surface area contributed by atoms with E-state index in [4.69, 9.17) is 17.3 Å². The van der Waals surface area contributed by atoms with E-state index in [1.165, 1.54) is 6.07 Å². The molecule has 0 atom stereocenters. The standard InChI is InChI=1S/C14H17ClFN3/c1-3-5-12-18-13(14(17)19(12)4-2)9-6-7-11(16)10(15)8-9/h6-8H,3-5,17H2,1-2H3. The SMILES string of the molecule is CCCc1nc(-c2ccc(F)c(Cl)c2)c(N)n1CC. The van der Waals surface area contributed by atoms with Gasteiger partial charge in [0.05, 0.1) is 5.02 Å². The molecule has 0 fully saturated rings. The zero-order chi connectivity index (χ0) is 14.0. The van der Waals surface area contributed by atoms with Gasteiger partial charge >= 0.3 is 0 Å². The first-order valence-electron chi connectivity index (χ1n) is 6.38. The summed E-state index contributed by atoms with van der Waals surface area (Å²) in [6, 6.07) is 4.54. The average molecular weight is 282 g/mol. The van der Waals surface area contributed by atoms with Crippen molar-refractivity contribution in [2.75, 3.05) is 5.73 Å². The molecule has 2 N–H and O–H groups in total. The Morgan fingerprint density at radius 2 is 2.11 bits per heavy atom. The van der Waals surface area contributed by atoms with E-state index in [2.05, 4.69) is 11.9 Å². The number of hydrogen-bond donors (Lipinski definition) is 1. The highest BCUT2D eigenvalue weighted by Crippen LogP contribution is 2.29. The van der Waals surface area contributed by atoms with Crippen molar-refractivity contribution < 1.29 is 4.39 Å². The monoisotopic (exact) mass is 281 g/mol. The molecule has 0 aliphatic rings. The van der Waals surface area contributed by atoms with E-state index in [-0.39, 0.29) is 5.02 Å². The maximum absolute atomic E-state index is 13.2. The van der Waals surface area contributed by atoms with Crippen LogP contribution in [0.1, 0.15) is 26.1 Å². The van der Waals surface area contributed by atoms with Gasteiger partial charge in [0, 0.05) is 18.5 Å². The van der Waals surface area contributed by atoms with Crippen molar-refractivity contribution in [1.29, 1.82) is 0 Å². The van der Waals surface area contributed by atoms with E-state index in [1.54, 1.807) is 12.1 Å². The Hall–Kier alpha value is -1.55. The van der Waals surface area contributed by atoms with Crippen molar-refractivity contribution in [2.24, 2.45) is 0 Å². The number of hydrogen-bond acceptors (Lipinski definition) is 2. The molecule has 19 heavy (non-hydrogen) atoms. The molecule has 1 aromatic carbocycles. The van der Waals surface area contributed by atoms with E-state index in [1.807, 2.05) is 11.5 Å². The molecule has 2 aromatic rings. The predicted octanol–water partition coefficient (Wildman–Crippen LogP) is 3.90. The molecule has 5 heteroatoms. The van der Waals surface area contributed by atoms with Crippen LogP contribution >= 0.6 is 11.6 Å². The van der Waals surface area contributed by atoms with Crippen LogP contribution in [0.25, 0.3) is 11.3 Å². The van der Waals surface area contributed by atoms with E-state index in [0.717, 1.165) is 30.8 Å². The Labute approximate surface area is 117 Å². The van der Waals surface area contributed by atoms with Crippen molar-refractivity contribution in [3.8, 4) is 11.3 Å². The van der Waals surface area contributed by atoms with Crippen LogP contribution in [-0.4, -0.2) is 9.55 Å². The van der Waals surface area contributed by atoms with Gasteiger partial charge in [-0.1, -0.05) is 18.5 Å². The Bertz CT molecular complexity index is 593. The Kier molecular flexibility index (Phi) is 4.10. The summed E-state index contributed by atoms with van der Waals surface area (Å²) in [5, 5.41) is 0.0833. The lowest BCUT2D eigenvalue weighted by atomic mass is 10.1. The topological polar surface area (TPSA) is 43.8 Å². The van der Waals surface area contributed by atoms with E-state index >= 15 is 0 Å². The van der Waals surface area contributed by atoms with Crippen LogP contribution in [0.4, 0.5) is 10.2 Å². The summed E-state index contributed by atoms with van der Waals surface area (Å²) in [5.74, 6) is 1.12. The summed E-state index contributed by atoms with van der Waals surface area (Å²) in [4.78, 5) is 4.57. The molecule has 0 bridgehead atoms. The van der Waals surface area contributed by atoms with Crippen molar-refractivity contribution in [2.45, 2.75) is 33.2 Å². The van der Waals surface area contributed by atoms with Crippen LogP contribution in [0, 0.1) is 5.82 Å². The van der Waals surface area contributed by atoms with Crippen LogP contribution in [0.3, 0.4) is 0 Å². The van der Waals surface area contributed by atoms with E-state index < -0.39 is 5.82 Å². The van der Waals surface area contributed by atoms with Gasteiger partial charge in [0.25, 0.3) is 0 Å². The molecule has 0 saturated heterocycles. The summed E-state index contributed by atoms with van der Waals surface area (Å²) >= 11 is 5.81. The molecule has 2 rings (SSSR count). The lowest BCUT2D eigenvalue weighted by molar-refractivity contribution is 0.628. The van der Waals surface area contributed by atoms with Gasteiger partial charge < -0.3 is 10.3 Å². The summed E-state index contributed by atoms with van der Waals surface area (Å²) < 4.78 is 15.2. The zero-order valence-corrected chi connectivity index (χ0v) is 11.8. The number of anilines is 1. The number of halogens is 2. The number of rotatable bonds is 4. The summed E-state index contributed by atoms with van der Waals surface area (Å²) in [6.07, 6.45) is 1.87. The zero-order valence-electron chi connectivity index (χ0n) is 11.1. The molecule has 0 radical (unpaired) electrons. The lowest BCUT2D eigenvalue weighted by Crippen LogP contribution is -2.05. The van der Waals surface area contributed by atoms with Gasteiger partial charge in [-0.05, 0) is 31.5 Å². The number of nitrogens with zero attached hydrogens (tertiary/aromatic N) is 2. The quantitative estimate of drug-likeness (QED) is 0.924. The van der Waals surface area contributed by atoms with Gasteiger partial charge in [0.1, 0.15) is 23.2 Å². The van der Waals surface area contributed by atoms with Gasteiger partial charge in [-0.3, -0.25) is 0 Å². The van der Waals surface area contributed by atoms with Crippen molar-refractivity contribution in [1.82, 2.24) is 9.55 Å². The van der Waals surface area contributed by atoms with Gasteiger partial charge in [0.15, 0.2) is 0 Å². The number of nitrogen functional groups attached to an aromatic ring is 1. The summed E-state index contributed by atoms with van der Waals surface area (Å²) in [6.45, 7) is 4.89. The normalized spacial score (nSPS) is 10.9. The fraction of sp³-hybridized carbons (Fsp3) is 0.357. The van der Waals surface area contributed by atoms with Gasteiger partial charge in [-0.2, -0.15) is 0 Å². The number of nitrogens with two attached hydrogens (primary N) is 1. The molecule has 1 heterocycles. The maximum atomic E-state index is 13.2. The summed E-state index contributed by atoms with van der Waals surface area (Å²) in [5.41, 5.74) is 7.55. The second-order valence-corrected chi connectivity index (χ2v) is 4.79. The first-order chi connectivity index (χ1) is 9.08. The molecule has 102 valence electrons. The van der Waals surface area contributed by atoms with Gasteiger partial charge in [-0.15, -0.1) is 0 Å². The number of imidazole rings is 1. The highest BCUT2D eigenvalue weighted by atomic mass is 35.5. The molecule has 3 nitrogen and oxygen atoms in total. The third-order valence-corrected chi connectivity index (χ3v) is 3.36. The highest BCUT2D eigenvalue weighted by molar-refractivity contribution is 6.31. The third kappa shape index (κ3) is 2.59. The Morgan fingerprint density at radius 1 is 1.37 bits per heavy atom. The number of aryl methyl sites for hydroxylation is 1. The smallest absolute Gasteiger partial charge is 0.141 e. The predicted molar refractivity (Wildman–Crippen MR) is 76.7 cm³/mol. The second kappa shape index (κ2) is 5.61. The molecule has 0 unspecified atom stereocenters. The van der Waals surface area contributed by atoms with Crippen molar-refractivity contribution in [3.63, 3.8) is 0 Å². The molecule has 0 spiro atoms. The molecular weight excluding hydrogens is 265 g/mol. The molecule has 0 aliphatic carbocycles. The Morgan fingerprint density at radius 3 is 2.68 bits per heavy atom. The van der Waals surface area contributed by atoms with E-state index in [9.17, 15) is 4.39 Å². The van der Waals surface area contributed by atoms with Gasteiger partial charge in [0.2, 0.25) is 0 Å². The molecular formula is C14H17ClFN3. The molecule has 0 aliphatic heterocycles. The average Bonchev–Trinajstić information content (AvgIpc) is 2.70. The fourth-order valence-corrected chi connectivity index (χ4v) is 2.32. The highest BCUT2D eigenvalue weighted by Gasteiger charge is 2.15. The molecule has 0 amide bonds. The third-order valence-electron chi connectivity index (χ3n) is 3.07. The second-order valence-electron chi connectivity index (χ2n) is 4.39. The number of aromatic nitrogens is 2. The fourth-order valence-electron chi connectivity index (χ4n) is 2.14. The first kappa shape index (κ1) is 13.9. The number of benzene rings is 1. The van der Waals surface area contributed by atoms with Crippen molar-refractivity contribution >= 4 is 17.4 Å². The molecule has 0 saturated carbocycles. The van der Waals surface area contributed by atoms with Gasteiger partial charge in [-0.25, -0.2) is 9.37 Å². The minimum absolute atomic E-state index is 0.0833. The minimum Gasteiger partial charge on any atom is -0.383 e. The van der Waals surface area contributed by atoms with Crippen LogP contribution in [0.2, 0.25) is 5.02 Å². The van der Waals surface area contributed by atoms with Crippen LogP contribution in [0.5, 0.6) is 0 Å². The minimum atomic E-state index is -0.437. The first-order valence-corrected chi connectivity index (χ1v) is 6.76. The van der Waals surface area contributed by atoms with Crippen LogP contribution < -0.4 is 5.73 Å². The van der Waals surface area contributed by atoms with Crippen LogP contribution in [0.15, 0.2) is 18.2 Å². The maximum Gasteiger partial charge on any atom is 0.141 e. The summed E-state index contributed by atoms with van der Waals surface area (Å²) in [7, 11) is 0. The Balaban J connectivity index is 2.52. The van der Waals surface area contributed by atoms with Crippen molar-refractivity contribution in [3.05, 3.63) is 34.9 Å². The molecule has 1 aromatic heterocycles. The van der Waals surface area contributed by atoms with Crippen LogP contribution in [-0.2, 0) is 13.0 Å². The van der Waals surface area contributed by atoms with E-state index in [0.29, 0.717) is 11.5 Å². The lowest BCUT2D eigenvalue weighted by Gasteiger charge is -2.05. The largest absolute Gasteiger partial charge is 0.383 e.